The monoisotopic (exact) mass is 431 g/mol. The van der Waals surface area contributed by atoms with Gasteiger partial charge in [0, 0.05) is 18.7 Å². The van der Waals surface area contributed by atoms with Crippen molar-refractivity contribution >= 4 is 11.8 Å². The van der Waals surface area contributed by atoms with Crippen LogP contribution in [0.15, 0.2) is 24.3 Å². The highest BCUT2D eigenvalue weighted by molar-refractivity contribution is 5.98. The van der Waals surface area contributed by atoms with Crippen LogP contribution in [0.4, 0.5) is 4.39 Å². The molecule has 4 rings (SSSR count). The summed E-state index contributed by atoms with van der Waals surface area (Å²) in [5.74, 6) is -0.233. The Labute approximate surface area is 184 Å². The number of hydrogen-bond donors (Lipinski definition) is 1. The number of ether oxygens (including phenoxy) is 1. The average Bonchev–Trinajstić information content (AvgIpc) is 3.15. The molecule has 1 saturated carbocycles. The Kier molecular flexibility index (Phi) is 6.92. The number of piperidine rings is 1. The van der Waals surface area contributed by atoms with Crippen molar-refractivity contribution in [1.82, 2.24) is 15.1 Å². The third-order valence-corrected chi connectivity index (χ3v) is 7.10. The Morgan fingerprint density at radius 2 is 1.81 bits per heavy atom. The van der Waals surface area contributed by atoms with E-state index in [2.05, 4.69) is 17.1 Å². The summed E-state index contributed by atoms with van der Waals surface area (Å²) in [7, 11) is 0. The fourth-order valence-electron chi connectivity index (χ4n) is 5.15. The largest absolute Gasteiger partial charge is 0.353 e. The van der Waals surface area contributed by atoms with Crippen molar-refractivity contribution in [1.29, 1.82) is 0 Å². The number of nitrogens with zero attached hydrogens (tertiary/aromatic N) is 2. The molecule has 3 aliphatic rings. The molecule has 1 N–H and O–H groups in total. The van der Waals surface area contributed by atoms with Gasteiger partial charge in [0.05, 0.1) is 6.61 Å². The topological polar surface area (TPSA) is 61.9 Å². The molecule has 0 bridgehead atoms. The summed E-state index contributed by atoms with van der Waals surface area (Å²) >= 11 is 0. The van der Waals surface area contributed by atoms with Crippen LogP contribution >= 0.6 is 0 Å². The van der Waals surface area contributed by atoms with Crippen LogP contribution in [-0.4, -0.2) is 66.2 Å². The zero-order chi connectivity index (χ0) is 21.8. The zero-order valence-corrected chi connectivity index (χ0v) is 18.4. The van der Waals surface area contributed by atoms with Crippen molar-refractivity contribution in [2.24, 2.45) is 5.92 Å². The van der Waals surface area contributed by atoms with Crippen molar-refractivity contribution in [3.63, 3.8) is 0 Å². The minimum atomic E-state index is -0.743. The molecule has 7 heteroatoms. The summed E-state index contributed by atoms with van der Waals surface area (Å²) in [6, 6.07) is 4.88. The van der Waals surface area contributed by atoms with Crippen LogP contribution < -0.4 is 5.32 Å². The number of rotatable bonds is 5. The molecule has 6 nitrogen and oxygen atoms in total. The van der Waals surface area contributed by atoms with Gasteiger partial charge in [0.2, 0.25) is 5.91 Å². The molecule has 2 saturated heterocycles. The van der Waals surface area contributed by atoms with Crippen LogP contribution in [0.5, 0.6) is 0 Å². The first-order chi connectivity index (χ1) is 15.0. The number of carbonyl (C=O) groups is 2. The Hall–Kier alpha value is -1.99. The molecule has 170 valence electrons. The molecule has 2 heterocycles. The number of carbonyl (C=O) groups excluding carboxylic acids is 2. The minimum Gasteiger partial charge on any atom is -0.353 e. The first-order valence-corrected chi connectivity index (χ1v) is 11.7. The molecule has 1 unspecified atom stereocenters. The van der Waals surface area contributed by atoms with E-state index in [0.29, 0.717) is 18.0 Å². The maximum atomic E-state index is 13.5. The fourth-order valence-corrected chi connectivity index (χ4v) is 5.15. The van der Waals surface area contributed by atoms with Crippen LogP contribution in [0.25, 0.3) is 0 Å². The number of nitrogens with one attached hydrogen (secondary N) is 1. The van der Waals surface area contributed by atoms with Gasteiger partial charge in [-0.1, -0.05) is 13.3 Å². The smallest absolute Gasteiger partial charge is 0.256 e. The second kappa shape index (κ2) is 9.65. The van der Waals surface area contributed by atoms with E-state index in [1.54, 1.807) is 4.90 Å². The van der Waals surface area contributed by atoms with Gasteiger partial charge in [-0.25, -0.2) is 4.39 Å². The van der Waals surface area contributed by atoms with Gasteiger partial charge in [-0.15, -0.1) is 0 Å². The summed E-state index contributed by atoms with van der Waals surface area (Å²) in [6.07, 6.45) is 7.06. The predicted molar refractivity (Wildman–Crippen MR) is 116 cm³/mol. The van der Waals surface area contributed by atoms with E-state index in [-0.39, 0.29) is 24.2 Å². The highest BCUT2D eigenvalue weighted by Crippen LogP contribution is 2.43. The summed E-state index contributed by atoms with van der Waals surface area (Å²) < 4.78 is 19.6. The SMILES string of the molecule is CC1CCC2(CC1)OCC(C(=O)NCCN1CCCCC1)N2C(=O)c1ccc(F)cc1. The number of hydrogen-bond acceptors (Lipinski definition) is 4. The molecule has 1 aliphatic carbocycles. The Bertz CT molecular complexity index is 771. The van der Waals surface area contributed by atoms with Gasteiger partial charge >= 0.3 is 0 Å². The second-order valence-corrected chi connectivity index (χ2v) is 9.33. The van der Waals surface area contributed by atoms with Crippen molar-refractivity contribution in [2.75, 3.05) is 32.8 Å². The van der Waals surface area contributed by atoms with Gasteiger partial charge in [0.15, 0.2) is 0 Å². The second-order valence-electron chi connectivity index (χ2n) is 9.33. The molecule has 1 atom stereocenters. The Morgan fingerprint density at radius 3 is 2.48 bits per heavy atom. The van der Waals surface area contributed by atoms with Crippen molar-refractivity contribution in [2.45, 2.75) is 63.6 Å². The lowest BCUT2D eigenvalue weighted by Gasteiger charge is -2.43. The molecule has 0 radical (unpaired) electrons. The minimum absolute atomic E-state index is 0.164. The molecule has 31 heavy (non-hydrogen) atoms. The summed E-state index contributed by atoms with van der Waals surface area (Å²) in [4.78, 5) is 30.6. The third kappa shape index (κ3) is 4.93. The van der Waals surface area contributed by atoms with E-state index in [4.69, 9.17) is 4.74 Å². The number of halogens is 1. The summed E-state index contributed by atoms with van der Waals surface area (Å²) in [5.41, 5.74) is -0.358. The van der Waals surface area contributed by atoms with Gasteiger partial charge in [-0.05, 0) is 81.8 Å². The highest BCUT2D eigenvalue weighted by atomic mass is 19.1. The maximum Gasteiger partial charge on any atom is 0.256 e. The molecule has 1 aromatic carbocycles. The summed E-state index contributed by atoms with van der Waals surface area (Å²) in [5, 5.41) is 3.03. The van der Waals surface area contributed by atoms with Gasteiger partial charge in [-0.2, -0.15) is 0 Å². The van der Waals surface area contributed by atoms with E-state index in [1.807, 2.05) is 0 Å². The van der Waals surface area contributed by atoms with E-state index in [1.165, 1.54) is 43.5 Å². The van der Waals surface area contributed by atoms with Crippen LogP contribution in [0.1, 0.15) is 62.2 Å². The quantitative estimate of drug-likeness (QED) is 0.778. The molecule has 1 spiro atoms. The first-order valence-electron chi connectivity index (χ1n) is 11.7. The fraction of sp³-hybridized carbons (Fsp3) is 0.667. The molecule has 2 amide bonds. The molecule has 0 aromatic heterocycles. The number of benzene rings is 1. The standard InChI is InChI=1S/C24H34FN3O3/c1-18-9-11-24(12-10-18)28(23(30)19-5-7-20(25)8-6-19)21(17-31-24)22(29)26-13-16-27-14-3-2-4-15-27/h5-8,18,21H,2-4,9-17H2,1H3,(H,26,29). The lowest BCUT2D eigenvalue weighted by molar-refractivity contribution is -0.127. The third-order valence-electron chi connectivity index (χ3n) is 7.10. The molecule has 2 aliphatic heterocycles. The first kappa shape index (κ1) is 22.2. The average molecular weight is 432 g/mol. The molecular formula is C24H34FN3O3. The number of likely N-dealkylation sites (tertiary alicyclic amines) is 1. The van der Waals surface area contributed by atoms with Crippen molar-refractivity contribution in [3.05, 3.63) is 35.6 Å². The number of amides is 2. The zero-order valence-electron chi connectivity index (χ0n) is 18.4. The van der Waals surface area contributed by atoms with Gasteiger partial charge in [0.1, 0.15) is 17.6 Å². The van der Waals surface area contributed by atoms with Crippen LogP contribution in [0.2, 0.25) is 0 Å². The van der Waals surface area contributed by atoms with Crippen LogP contribution in [-0.2, 0) is 9.53 Å². The van der Waals surface area contributed by atoms with Crippen LogP contribution in [0.3, 0.4) is 0 Å². The van der Waals surface area contributed by atoms with E-state index in [9.17, 15) is 14.0 Å². The van der Waals surface area contributed by atoms with Crippen molar-refractivity contribution < 1.29 is 18.7 Å². The molecule has 1 aromatic rings. The van der Waals surface area contributed by atoms with Gasteiger partial charge in [-0.3, -0.25) is 14.5 Å². The highest BCUT2D eigenvalue weighted by Gasteiger charge is 2.53. The predicted octanol–water partition coefficient (Wildman–Crippen LogP) is 3.18. The maximum absolute atomic E-state index is 13.5. The van der Waals surface area contributed by atoms with E-state index >= 15 is 0 Å². The van der Waals surface area contributed by atoms with Gasteiger partial charge in [0.25, 0.3) is 5.91 Å². The van der Waals surface area contributed by atoms with E-state index in [0.717, 1.165) is 45.3 Å². The Morgan fingerprint density at radius 1 is 1.13 bits per heavy atom. The summed E-state index contributed by atoms with van der Waals surface area (Å²) in [6.45, 7) is 5.97. The molecular weight excluding hydrogens is 397 g/mol. The lowest BCUT2D eigenvalue weighted by atomic mass is 9.83. The Balaban J connectivity index is 1.47. The normalized spacial score (nSPS) is 29.3. The van der Waals surface area contributed by atoms with Crippen molar-refractivity contribution in [3.8, 4) is 0 Å². The molecule has 3 fully saturated rings. The lowest BCUT2D eigenvalue weighted by Crippen LogP contribution is -2.57. The van der Waals surface area contributed by atoms with E-state index < -0.39 is 11.8 Å². The van der Waals surface area contributed by atoms with Gasteiger partial charge < -0.3 is 15.0 Å². The van der Waals surface area contributed by atoms with Crippen LogP contribution in [0, 0.1) is 11.7 Å².